The lowest BCUT2D eigenvalue weighted by Gasteiger charge is -2.18. The molecule has 0 aliphatic rings. The quantitative estimate of drug-likeness (QED) is 0.0357. The number of esters is 3. The fraction of sp³-hybridized carbons (Fsp3) is 0.933. The summed E-state index contributed by atoms with van der Waals surface area (Å²) in [6.45, 7) is 11.2. The Morgan fingerprint density at radius 3 is 0.961 bits per heavy atom. The van der Waals surface area contributed by atoms with Crippen molar-refractivity contribution in [2.45, 2.75) is 246 Å². The summed E-state index contributed by atoms with van der Waals surface area (Å²) in [4.78, 5) is 37.4. The van der Waals surface area contributed by atoms with E-state index >= 15 is 0 Å². The van der Waals surface area contributed by atoms with E-state index < -0.39 is 6.10 Å². The summed E-state index contributed by atoms with van der Waals surface area (Å²) >= 11 is 0. The minimum absolute atomic E-state index is 0.0668. The first-order valence-corrected chi connectivity index (χ1v) is 22.2. The van der Waals surface area contributed by atoms with Crippen LogP contribution in [0.4, 0.5) is 0 Å². The van der Waals surface area contributed by atoms with Gasteiger partial charge in [-0.2, -0.15) is 0 Å². The molecule has 0 aromatic heterocycles. The fourth-order valence-electron chi connectivity index (χ4n) is 6.58. The number of carbonyl (C=O) groups excluding carboxylic acids is 3. The van der Waals surface area contributed by atoms with Gasteiger partial charge in [0.05, 0.1) is 0 Å². The van der Waals surface area contributed by atoms with Gasteiger partial charge in [-0.25, -0.2) is 0 Å². The van der Waals surface area contributed by atoms with Gasteiger partial charge in [-0.3, -0.25) is 14.4 Å². The fourth-order valence-corrected chi connectivity index (χ4v) is 6.58. The van der Waals surface area contributed by atoms with E-state index in [0.717, 1.165) is 76.0 Å². The summed E-state index contributed by atoms with van der Waals surface area (Å²) in [7, 11) is 0. The van der Waals surface area contributed by atoms with Crippen molar-refractivity contribution in [3.8, 4) is 0 Å². The minimum atomic E-state index is -0.758. The summed E-state index contributed by atoms with van der Waals surface area (Å²) in [5, 5.41) is 0. The van der Waals surface area contributed by atoms with E-state index in [1.807, 2.05) is 0 Å². The molecule has 1 atom stereocenters. The monoisotopic (exact) mass is 723 g/mol. The van der Waals surface area contributed by atoms with Crippen molar-refractivity contribution in [2.75, 3.05) is 13.2 Å². The topological polar surface area (TPSA) is 78.9 Å². The molecule has 6 nitrogen and oxygen atoms in total. The second-order valence-corrected chi connectivity index (χ2v) is 16.3. The number of ether oxygens (including phenoxy) is 3. The van der Waals surface area contributed by atoms with Crippen molar-refractivity contribution in [3.05, 3.63) is 0 Å². The second kappa shape index (κ2) is 38.1. The molecular formula is C45H86O6. The molecular weight excluding hydrogens is 636 g/mol. The first kappa shape index (κ1) is 49.4. The zero-order chi connectivity index (χ0) is 37.6. The van der Waals surface area contributed by atoms with E-state index in [9.17, 15) is 14.4 Å². The van der Waals surface area contributed by atoms with Crippen molar-refractivity contribution in [1.82, 2.24) is 0 Å². The third-order valence-corrected chi connectivity index (χ3v) is 9.97. The molecule has 0 saturated carbocycles. The zero-order valence-corrected chi connectivity index (χ0v) is 34.7. The summed E-state index contributed by atoms with van der Waals surface area (Å²) < 4.78 is 16.6. The molecule has 0 N–H and O–H groups in total. The van der Waals surface area contributed by atoms with Crippen molar-refractivity contribution < 1.29 is 28.6 Å². The second-order valence-electron chi connectivity index (χ2n) is 16.3. The van der Waals surface area contributed by atoms with Crippen LogP contribution in [0, 0.1) is 11.8 Å². The van der Waals surface area contributed by atoms with Crippen molar-refractivity contribution >= 4 is 17.9 Å². The Bertz CT molecular complexity index is 779. The molecule has 0 rings (SSSR count). The van der Waals surface area contributed by atoms with Gasteiger partial charge in [-0.05, 0) is 31.1 Å². The van der Waals surface area contributed by atoms with Crippen LogP contribution < -0.4 is 0 Å². The lowest BCUT2D eigenvalue weighted by Crippen LogP contribution is -2.30. The van der Waals surface area contributed by atoms with E-state index in [1.54, 1.807) is 0 Å². The van der Waals surface area contributed by atoms with E-state index in [4.69, 9.17) is 14.2 Å². The van der Waals surface area contributed by atoms with Gasteiger partial charge in [-0.15, -0.1) is 0 Å². The highest BCUT2D eigenvalue weighted by atomic mass is 16.6. The highest BCUT2D eigenvalue weighted by Crippen LogP contribution is 2.16. The van der Waals surface area contributed by atoms with Crippen molar-refractivity contribution in [1.29, 1.82) is 0 Å². The highest BCUT2D eigenvalue weighted by Gasteiger charge is 2.19. The smallest absolute Gasteiger partial charge is 0.306 e. The molecule has 0 spiro atoms. The maximum Gasteiger partial charge on any atom is 0.306 e. The number of hydrogen-bond donors (Lipinski definition) is 0. The Kier molecular flexibility index (Phi) is 37.0. The zero-order valence-electron chi connectivity index (χ0n) is 34.7. The molecule has 0 aromatic carbocycles. The van der Waals surface area contributed by atoms with Crippen LogP contribution in [-0.4, -0.2) is 37.2 Å². The van der Waals surface area contributed by atoms with Crippen LogP contribution in [0.3, 0.4) is 0 Å². The molecule has 51 heavy (non-hydrogen) atoms. The van der Waals surface area contributed by atoms with E-state index in [0.29, 0.717) is 19.3 Å². The maximum absolute atomic E-state index is 12.7. The average molecular weight is 723 g/mol. The van der Waals surface area contributed by atoms with Gasteiger partial charge in [0.25, 0.3) is 0 Å². The normalized spacial score (nSPS) is 12.1. The summed E-state index contributed by atoms with van der Waals surface area (Å²) in [5.41, 5.74) is 0. The minimum Gasteiger partial charge on any atom is -0.462 e. The van der Waals surface area contributed by atoms with Gasteiger partial charge in [0.15, 0.2) is 6.10 Å². The lowest BCUT2D eigenvalue weighted by atomic mass is 10.0. The Hall–Kier alpha value is -1.59. The lowest BCUT2D eigenvalue weighted by molar-refractivity contribution is -0.167. The van der Waals surface area contributed by atoms with Crippen molar-refractivity contribution in [3.63, 3.8) is 0 Å². The van der Waals surface area contributed by atoms with Crippen LogP contribution in [-0.2, 0) is 28.6 Å². The molecule has 0 unspecified atom stereocenters. The highest BCUT2D eigenvalue weighted by molar-refractivity contribution is 5.71. The molecule has 302 valence electrons. The van der Waals surface area contributed by atoms with E-state index in [2.05, 4.69) is 34.6 Å². The number of carbonyl (C=O) groups is 3. The molecule has 0 aliphatic heterocycles. The van der Waals surface area contributed by atoms with Crippen LogP contribution in [0.25, 0.3) is 0 Å². The number of rotatable bonds is 39. The molecule has 0 fully saturated rings. The van der Waals surface area contributed by atoms with E-state index in [1.165, 1.54) is 122 Å². The van der Waals surface area contributed by atoms with Crippen molar-refractivity contribution in [2.24, 2.45) is 11.8 Å². The maximum atomic E-state index is 12.7. The SMILES string of the molecule is CCCCCCCC(=O)OC[C@H](COC(=O)CCCCCCCCCC(C)C)OC(=O)CCCCCCCCCCCCCCCCCC(C)C. The van der Waals surface area contributed by atoms with Gasteiger partial charge in [0, 0.05) is 19.3 Å². The molecule has 0 aliphatic carbocycles. The summed E-state index contributed by atoms with van der Waals surface area (Å²) in [6, 6.07) is 0. The van der Waals surface area contributed by atoms with Gasteiger partial charge in [-0.1, -0.05) is 202 Å². The van der Waals surface area contributed by atoms with Crippen LogP contribution in [0.2, 0.25) is 0 Å². The first-order valence-electron chi connectivity index (χ1n) is 22.2. The molecule has 6 heteroatoms. The third-order valence-electron chi connectivity index (χ3n) is 9.97. The molecule has 0 amide bonds. The van der Waals surface area contributed by atoms with Crippen LogP contribution in [0.5, 0.6) is 0 Å². The number of unbranched alkanes of at least 4 members (excludes halogenated alkanes) is 24. The predicted octanol–water partition coefficient (Wildman–Crippen LogP) is 13.8. The predicted molar refractivity (Wildman–Crippen MR) is 215 cm³/mol. The Morgan fingerprint density at radius 2 is 0.647 bits per heavy atom. The third kappa shape index (κ3) is 39.5. The van der Waals surface area contributed by atoms with E-state index in [-0.39, 0.29) is 31.1 Å². The van der Waals surface area contributed by atoms with Crippen LogP contribution in [0.1, 0.15) is 240 Å². The molecule has 0 aromatic rings. The standard InChI is InChI=1S/C45H86O6/c1-6-7-8-23-30-35-43(46)49-38-42(39-50-44(47)36-31-26-22-18-20-25-29-34-41(4)5)51-45(48)37-32-27-21-17-15-13-11-9-10-12-14-16-19-24-28-33-40(2)3/h40-42H,6-39H2,1-5H3/t42-/m1/s1. The Morgan fingerprint density at radius 1 is 0.373 bits per heavy atom. The molecule has 0 saturated heterocycles. The largest absolute Gasteiger partial charge is 0.462 e. The molecule has 0 radical (unpaired) electrons. The summed E-state index contributed by atoms with van der Waals surface area (Å²) in [5.74, 6) is 0.755. The average Bonchev–Trinajstić information content (AvgIpc) is 3.09. The Labute approximate surface area is 317 Å². The van der Waals surface area contributed by atoms with Crippen LogP contribution >= 0.6 is 0 Å². The van der Waals surface area contributed by atoms with Crippen LogP contribution in [0.15, 0.2) is 0 Å². The number of hydrogen-bond acceptors (Lipinski definition) is 6. The molecule has 0 bridgehead atoms. The molecule has 0 heterocycles. The van der Waals surface area contributed by atoms with Gasteiger partial charge in [0.1, 0.15) is 13.2 Å². The Balaban J connectivity index is 4.15. The summed E-state index contributed by atoms with van der Waals surface area (Å²) in [6.07, 6.45) is 35.6. The first-order chi connectivity index (χ1) is 24.7. The van der Waals surface area contributed by atoms with Gasteiger partial charge >= 0.3 is 17.9 Å². The van der Waals surface area contributed by atoms with Gasteiger partial charge in [0.2, 0.25) is 0 Å². The van der Waals surface area contributed by atoms with Gasteiger partial charge < -0.3 is 14.2 Å².